The van der Waals surface area contributed by atoms with Crippen LogP contribution in [0.5, 0.6) is 0 Å². The van der Waals surface area contributed by atoms with Crippen molar-refractivity contribution in [2.24, 2.45) is 5.73 Å². The summed E-state index contributed by atoms with van der Waals surface area (Å²) in [5, 5.41) is 9.58. The van der Waals surface area contributed by atoms with Crippen LogP contribution in [-0.2, 0) is 16.0 Å². The first-order valence-electron chi connectivity index (χ1n) is 6.26. The highest BCUT2D eigenvalue weighted by molar-refractivity contribution is 5.81. The highest BCUT2D eigenvalue weighted by Crippen LogP contribution is 2.04. The molecule has 1 unspecified atom stereocenters. The van der Waals surface area contributed by atoms with Gasteiger partial charge in [-0.1, -0.05) is 30.3 Å². The Labute approximate surface area is 114 Å². The number of hydrogen-bond acceptors (Lipinski definition) is 4. The Balaban J connectivity index is 2.47. The van der Waals surface area contributed by atoms with E-state index >= 15 is 0 Å². The quantitative estimate of drug-likeness (QED) is 0.729. The lowest BCUT2D eigenvalue weighted by Crippen LogP contribution is -2.46. The zero-order valence-corrected chi connectivity index (χ0v) is 11.5. The number of ether oxygens (including phenoxy) is 1. The van der Waals surface area contributed by atoms with Crippen LogP contribution in [0.3, 0.4) is 0 Å². The van der Waals surface area contributed by atoms with Crippen LogP contribution >= 0.6 is 0 Å². The number of aliphatic hydroxyl groups is 1. The number of likely N-dealkylation sites (N-methyl/N-ethyl adjacent to an activating group) is 1. The summed E-state index contributed by atoms with van der Waals surface area (Å²) < 4.78 is 4.82. The number of aliphatic hydroxyl groups excluding tert-OH is 1. The maximum atomic E-state index is 12.0. The van der Waals surface area contributed by atoms with Gasteiger partial charge in [-0.05, 0) is 12.0 Å². The molecule has 0 aromatic heterocycles. The lowest BCUT2D eigenvalue weighted by molar-refractivity contribution is -0.132. The number of carbonyl (C=O) groups is 1. The number of amides is 1. The van der Waals surface area contributed by atoms with Gasteiger partial charge < -0.3 is 20.5 Å². The molecule has 5 nitrogen and oxygen atoms in total. The van der Waals surface area contributed by atoms with Gasteiger partial charge in [0.05, 0.1) is 18.8 Å². The number of hydrogen-bond donors (Lipinski definition) is 2. The predicted octanol–water partition coefficient (Wildman–Crippen LogP) is 0.0221. The second-order valence-corrected chi connectivity index (χ2v) is 4.62. The Kier molecular flexibility index (Phi) is 6.49. The minimum absolute atomic E-state index is 0.181. The second-order valence-electron chi connectivity index (χ2n) is 4.62. The molecule has 3 N–H and O–H groups in total. The number of carbonyl (C=O) groups excluding carboxylic acids is 1. The summed E-state index contributed by atoms with van der Waals surface area (Å²) in [5.74, 6) is -0.181. The zero-order chi connectivity index (χ0) is 14.3. The highest BCUT2D eigenvalue weighted by Gasteiger charge is 2.20. The lowest BCUT2D eigenvalue weighted by atomic mass is 10.1. The maximum absolute atomic E-state index is 12.0. The third kappa shape index (κ3) is 5.38. The van der Waals surface area contributed by atoms with E-state index < -0.39 is 12.1 Å². The summed E-state index contributed by atoms with van der Waals surface area (Å²) >= 11 is 0. The molecule has 1 aromatic rings. The molecule has 0 radical (unpaired) electrons. The van der Waals surface area contributed by atoms with Gasteiger partial charge in [-0.25, -0.2) is 0 Å². The largest absolute Gasteiger partial charge is 0.389 e. The van der Waals surface area contributed by atoms with Gasteiger partial charge in [-0.15, -0.1) is 0 Å². The molecule has 5 heteroatoms. The fourth-order valence-corrected chi connectivity index (χ4v) is 1.89. The van der Waals surface area contributed by atoms with Gasteiger partial charge in [0, 0.05) is 20.7 Å². The van der Waals surface area contributed by atoms with Gasteiger partial charge in [0.25, 0.3) is 0 Å². The minimum atomic E-state index is -0.692. The van der Waals surface area contributed by atoms with Gasteiger partial charge in [-0.2, -0.15) is 0 Å². The molecule has 106 valence electrons. The van der Waals surface area contributed by atoms with Crippen LogP contribution in [0.4, 0.5) is 0 Å². The van der Waals surface area contributed by atoms with Crippen molar-refractivity contribution in [3.8, 4) is 0 Å². The van der Waals surface area contributed by atoms with Crippen molar-refractivity contribution in [2.45, 2.75) is 18.6 Å². The molecule has 0 spiro atoms. The molecule has 0 saturated carbocycles. The maximum Gasteiger partial charge on any atom is 0.239 e. The molecule has 2 atom stereocenters. The number of nitrogens with two attached hydrogens (primary N) is 1. The summed E-state index contributed by atoms with van der Waals surface area (Å²) in [6, 6.07) is 9.03. The zero-order valence-electron chi connectivity index (χ0n) is 11.5. The van der Waals surface area contributed by atoms with Crippen LogP contribution in [0.15, 0.2) is 30.3 Å². The standard InChI is InChI=1S/C14H22N2O3/c1-16(9-12(17)10-19-2)14(18)13(15)8-11-6-4-3-5-7-11/h3-7,12-13,17H,8-10,15H2,1-2H3/t12?,13-/m1/s1. The molecule has 0 bridgehead atoms. The summed E-state index contributed by atoms with van der Waals surface area (Å²) in [6.45, 7) is 0.417. The summed E-state index contributed by atoms with van der Waals surface area (Å²) in [4.78, 5) is 13.5. The van der Waals surface area contributed by atoms with E-state index in [4.69, 9.17) is 10.5 Å². The monoisotopic (exact) mass is 266 g/mol. The number of nitrogens with zero attached hydrogens (tertiary/aromatic N) is 1. The predicted molar refractivity (Wildman–Crippen MR) is 73.6 cm³/mol. The van der Waals surface area contributed by atoms with Gasteiger partial charge in [0.1, 0.15) is 0 Å². The first-order chi connectivity index (χ1) is 9.04. The Morgan fingerprint density at radius 2 is 2.05 bits per heavy atom. The Bertz CT molecular complexity index is 384. The molecule has 19 heavy (non-hydrogen) atoms. The second kappa shape index (κ2) is 7.89. The van der Waals surface area contributed by atoms with Crippen molar-refractivity contribution in [3.63, 3.8) is 0 Å². The topological polar surface area (TPSA) is 75.8 Å². The van der Waals surface area contributed by atoms with E-state index in [0.29, 0.717) is 6.42 Å². The van der Waals surface area contributed by atoms with Gasteiger partial charge >= 0.3 is 0 Å². The average Bonchev–Trinajstić information content (AvgIpc) is 2.39. The molecule has 1 amide bonds. The first kappa shape index (κ1) is 15.6. The first-order valence-corrected chi connectivity index (χ1v) is 6.26. The third-order valence-corrected chi connectivity index (χ3v) is 2.84. The molecule has 0 aliphatic carbocycles. The molecular weight excluding hydrogens is 244 g/mol. The van der Waals surface area contributed by atoms with Crippen LogP contribution in [-0.4, -0.2) is 55.4 Å². The average molecular weight is 266 g/mol. The van der Waals surface area contributed by atoms with E-state index in [1.165, 1.54) is 12.0 Å². The van der Waals surface area contributed by atoms with Gasteiger partial charge in [0.2, 0.25) is 5.91 Å². The summed E-state index contributed by atoms with van der Waals surface area (Å²) in [7, 11) is 3.14. The van der Waals surface area contributed by atoms with E-state index in [-0.39, 0.29) is 19.1 Å². The smallest absolute Gasteiger partial charge is 0.239 e. The normalized spacial score (nSPS) is 13.9. The number of benzene rings is 1. The van der Waals surface area contributed by atoms with E-state index in [1.807, 2.05) is 30.3 Å². The SMILES string of the molecule is COCC(O)CN(C)C(=O)[C@H](N)Cc1ccccc1. The highest BCUT2D eigenvalue weighted by atomic mass is 16.5. The Morgan fingerprint density at radius 3 is 2.63 bits per heavy atom. The van der Waals surface area contributed by atoms with E-state index in [0.717, 1.165) is 5.56 Å². The molecule has 0 saturated heterocycles. The van der Waals surface area contributed by atoms with Crippen molar-refractivity contribution in [2.75, 3.05) is 27.3 Å². The van der Waals surface area contributed by atoms with Crippen LogP contribution in [0, 0.1) is 0 Å². The van der Waals surface area contributed by atoms with E-state index in [1.54, 1.807) is 7.05 Å². The third-order valence-electron chi connectivity index (χ3n) is 2.84. The molecule has 0 fully saturated rings. The minimum Gasteiger partial charge on any atom is -0.389 e. The molecule has 1 rings (SSSR count). The lowest BCUT2D eigenvalue weighted by Gasteiger charge is -2.23. The fourth-order valence-electron chi connectivity index (χ4n) is 1.89. The van der Waals surface area contributed by atoms with Crippen molar-refractivity contribution < 1.29 is 14.6 Å². The molecular formula is C14H22N2O3. The fraction of sp³-hybridized carbons (Fsp3) is 0.500. The Hall–Kier alpha value is -1.43. The van der Waals surface area contributed by atoms with Gasteiger partial charge in [0.15, 0.2) is 0 Å². The molecule has 0 heterocycles. The van der Waals surface area contributed by atoms with Crippen molar-refractivity contribution in [1.82, 2.24) is 4.90 Å². The van der Waals surface area contributed by atoms with Crippen LogP contribution < -0.4 is 5.73 Å². The molecule has 0 aliphatic heterocycles. The summed E-state index contributed by atoms with van der Waals surface area (Å²) in [5.41, 5.74) is 6.92. The Morgan fingerprint density at radius 1 is 1.42 bits per heavy atom. The molecule has 0 aliphatic rings. The summed E-state index contributed by atoms with van der Waals surface area (Å²) in [6.07, 6.45) is -0.201. The molecule has 1 aromatic carbocycles. The number of methoxy groups -OCH3 is 1. The van der Waals surface area contributed by atoms with Crippen molar-refractivity contribution in [3.05, 3.63) is 35.9 Å². The van der Waals surface area contributed by atoms with Crippen molar-refractivity contribution in [1.29, 1.82) is 0 Å². The van der Waals surface area contributed by atoms with Gasteiger partial charge in [-0.3, -0.25) is 4.79 Å². The van der Waals surface area contributed by atoms with Crippen LogP contribution in [0.25, 0.3) is 0 Å². The number of rotatable bonds is 7. The van der Waals surface area contributed by atoms with E-state index in [9.17, 15) is 9.90 Å². The van der Waals surface area contributed by atoms with E-state index in [2.05, 4.69) is 0 Å². The van der Waals surface area contributed by atoms with Crippen molar-refractivity contribution >= 4 is 5.91 Å². The van der Waals surface area contributed by atoms with Crippen LogP contribution in [0.1, 0.15) is 5.56 Å². The van der Waals surface area contributed by atoms with Crippen LogP contribution in [0.2, 0.25) is 0 Å².